The van der Waals surface area contributed by atoms with Crippen molar-refractivity contribution >= 4 is 11.6 Å². The molecule has 0 radical (unpaired) electrons. The predicted molar refractivity (Wildman–Crippen MR) is 64.5 cm³/mol. The van der Waals surface area contributed by atoms with Crippen molar-refractivity contribution in [1.82, 2.24) is 9.78 Å². The normalized spacial score (nSPS) is 12.4. The second-order valence-electron chi connectivity index (χ2n) is 4.22. The number of carbonyl (C=O) groups is 2. The van der Waals surface area contributed by atoms with Crippen molar-refractivity contribution in [3.8, 4) is 0 Å². The van der Waals surface area contributed by atoms with Crippen molar-refractivity contribution in [2.24, 2.45) is 13.0 Å². The lowest BCUT2D eigenvalue weighted by Gasteiger charge is -2.05. The maximum absolute atomic E-state index is 12.1. The molecule has 0 fully saturated rings. The zero-order valence-corrected chi connectivity index (χ0v) is 10.5. The number of furan rings is 1. The van der Waals surface area contributed by atoms with E-state index in [1.807, 2.05) is 6.92 Å². The summed E-state index contributed by atoms with van der Waals surface area (Å²) in [6, 6.07) is 4.85. The fraction of sp³-hybridized carbons (Fsp3) is 0.308. The van der Waals surface area contributed by atoms with Gasteiger partial charge in [0.2, 0.25) is 5.78 Å². The molecule has 0 aliphatic heterocycles. The van der Waals surface area contributed by atoms with Gasteiger partial charge >= 0.3 is 0 Å². The van der Waals surface area contributed by atoms with Gasteiger partial charge in [-0.2, -0.15) is 5.10 Å². The summed E-state index contributed by atoms with van der Waals surface area (Å²) in [5.41, 5.74) is 1.18. The van der Waals surface area contributed by atoms with Crippen LogP contribution < -0.4 is 0 Å². The molecule has 2 rings (SSSR count). The highest BCUT2D eigenvalue weighted by atomic mass is 16.3. The van der Waals surface area contributed by atoms with Crippen LogP contribution in [-0.4, -0.2) is 21.3 Å². The topological polar surface area (TPSA) is 65.1 Å². The molecular formula is C13H14N2O3. The largest absolute Gasteiger partial charge is 0.461 e. The van der Waals surface area contributed by atoms with E-state index in [9.17, 15) is 9.59 Å². The van der Waals surface area contributed by atoms with Gasteiger partial charge in [0.1, 0.15) is 5.69 Å². The maximum Gasteiger partial charge on any atom is 0.208 e. The Hall–Kier alpha value is -2.17. The van der Waals surface area contributed by atoms with E-state index in [4.69, 9.17) is 4.42 Å². The molecule has 5 nitrogen and oxygen atoms in total. The van der Waals surface area contributed by atoms with Crippen LogP contribution in [0.3, 0.4) is 0 Å². The number of nitrogens with zero attached hydrogens (tertiary/aromatic N) is 2. The molecule has 1 atom stereocenters. The number of ketones is 2. The Kier molecular flexibility index (Phi) is 3.14. The van der Waals surface area contributed by atoms with E-state index in [0.29, 0.717) is 5.69 Å². The second kappa shape index (κ2) is 4.60. The zero-order chi connectivity index (χ0) is 13.3. The Labute approximate surface area is 104 Å². The van der Waals surface area contributed by atoms with Crippen LogP contribution in [0.2, 0.25) is 0 Å². The number of aryl methyl sites for hydroxylation is 2. The molecular weight excluding hydrogens is 232 g/mol. The van der Waals surface area contributed by atoms with Crippen LogP contribution in [-0.2, 0) is 7.05 Å². The summed E-state index contributed by atoms with van der Waals surface area (Å²) in [4.78, 5) is 24.1. The molecule has 5 heteroatoms. The van der Waals surface area contributed by atoms with Crippen LogP contribution in [0.5, 0.6) is 0 Å². The van der Waals surface area contributed by atoms with E-state index < -0.39 is 5.92 Å². The van der Waals surface area contributed by atoms with Gasteiger partial charge in [-0.1, -0.05) is 0 Å². The molecule has 0 aliphatic carbocycles. The zero-order valence-electron chi connectivity index (χ0n) is 10.5. The van der Waals surface area contributed by atoms with Gasteiger partial charge < -0.3 is 4.42 Å². The molecule has 2 heterocycles. The van der Waals surface area contributed by atoms with E-state index in [2.05, 4.69) is 5.10 Å². The monoisotopic (exact) mass is 246 g/mol. The lowest BCUT2D eigenvalue weighted by molar-refractivity contribution is 0.0800. The summed E-state index contributed by atoms with van der Waals surface area (Å²) >= 11 is 0. The number of Topliss-reactive ketones (excluding diaryl/α,β-unsaturated/α-hetero) is 2. The van der Waals surface area contributed by atoms with Crippen LogP contribution in [0, 0.1) is 12.8 Å². The highest BCUT2D eigenvalue weighted by Gasteiger charge is 2.27. The summed E-state index contributed by atoms with van der Waals surface area (Å²) < 4.78 is 6.61. The molecule has 0 spiro atoms. The van der Waals surface area contributed by atoms with Gasteiger partial charge in [-0.3, -0.25) is 14.3 Å². The molecule has 0 N–H and O–H groups in total. The van der Waals surface area contributed by atoms with Crippen LogP contribution in [0.15, 0.2) is 28.9 Å². The number of hydrogen-bond donors (Lipinski definition) is 0. The summed E-state index contributed by atoms with van der Waals surface area (Å²) in [5.74, 6) is -1.21. The van der Waals surface area contributed by atoms with Crippen molar-refractivity contribution in [2.75, 3.05) is 0 Å². The minimum absolute atomic E-state index is 0.198. The third-order valence-corrected chi connectivity index (χ3v) is 2.92. The van der Waals surface area contributed by atoms with E-state index in [0.717, 1.165) is 5.69 Å². The number of aromatic nitrogens is 2. The third-order valence-electron chi connectivity index (χ3n) is 2.92. The van der Waals surface area contributed by atoms with Crippen molar-refractivity contribution < 1.29 is 14.0 Å². The van der Waals surface area contributed by atoms with E-state index in [-0.39, 0.29) is 17.3 Å². The maximum atomic E-state index is 12.1. The van der Waals surface area contributed by atoms with Gasteiger partial charge in [0.05, 0.1) is 12.2 Å². The van der Waals surface area contributed by atoms with Gasteiger partial charge in [0, 0.05) is 12.7 Å². The molecule has 0 aromatic carbocycles. The Morgan fingerprint density at radius 1 is 1.39 bits per heavy atom. The number of hydrogen-bond acceptors (Lipinski definition) is 4. The van der Waals surface area contributed by atoms with Gasteiger partial charge in [0.25, 0.3) is 0 Å². The summed E-state index contributed by atoms with van der Waals surface area (Å²) in [5, 5.41) is 4.08. The van der Waals surface area contributed by atoms with Gasteiger partial charge in [-0.25, -0.2) is 0 Å². The Bertz CT molecular complexity index is 562. The van der Waals surface area contributed by atoms with Crippen LogP contribution in [0.1, 0.15) is 33.7 Å². The SMILES string of the molecule is Cc1cc(C(=O)C(C)C(=O)c2ccco2)nn1C. The molecule has 1 unspecified atom stereocenters. The minimum atomic E-state index is -0.787. The first kappa shape index (κ1) is 12.3. The van der Waals surface area contributed by atoms with Crippen molar-refractivity contribution in [1.29, 1.82) is 0 Å². The van der Waals surface area contributed by atoms with Gasteiger partial charge in [-0.05, 0) is 32.0 Å². The van der Waals surface area contributed by atoms with Gasteiger partial charge in [0.15, 0.2) is 11.5 Å². The first-order chi connectivity index (χ1) is 8.50. The third kappa shape index (κ3) is 2.11. The molecule has 0 bridgehead atoms. The lowest BCUT2D eigenvalue weighted by atomic mass is 9.97. The van der Waals surface area contributed by atoms with Gasteiger partial charge in [-0.15, -0.1) is 0 Å². The molecule has 0 amide bonds. The fourth-order valence-electron chi connectivity index (χ4n) is 1.65. The number of rotatable bonds is 4. The molecule has 94 valence electrons. The number of carbonyl (C=O) groups excluding carboxylic acids is 2. The Morgan fingerprint density at radius 2 is 2.11 bits per heavy atom. The molecule has 0 saturated heterocycles. The second-order valence-corrected chi connectivity index (χ2v) is 4.22. The average Bonchev–Trinajstić information content (AvgIpc) is 2.97. The van der Waals surface area contributed by atoms with E-state index in [1.54, 1.807) is 36.9 Å². The standard InChI is InChI=1S/C13H14N2O3/c1-8-7-10(14-15(8)3)12(16)9(2)13(17)11-5-4-6-18-11/h4-7,9H,1-3H3. The Morgan fingerprint density at radius 3 is 2.61 bits per heavy atom. The lowest BCUT2D eigenvalue weighted by Crippen LogP contribution is -2.21. The van der Waals surface area contributed by atoms with E-state index in [1.165, 1.54) is 6.26 Å². The smallest absolute Gasteiger partial charge is 0.208 e. The van der Waals surface area contributed by atoms with Crippen LogP contribution in [0.4, 0.5) is 0 Å². The molecule has 2 aromatic rings. The minimum Gasteiger partial charge on any atom is -0.461 e. The highest BCUT2D eigenvalue weighted by molar-refractivity contribution is 6.14. The summed E-state index contributed by atoms with van der Waals surface area (Å²) in [6.45, 7) is 3.42. The van der Waals surface area contributed by atoms with Crippen LogP contribution in [0.25, 0.3) is 0 Å². The molecule has 0 saturated carbocycles. The first-order valence-corrected chi connectivity index (χ1v) is 5.63. The summed E-state index contributed by atoms with van der Waals surface area (Å²) in [6.07, 6.45) is 1.41. The van der Waals surface area contributed by atoms with E-state index >= 15 is 0 Å². The average molecular weight is 246 g/mol. The highest BCUT2D eigenvalue weighted by Crippen LogP contribution is 2.15. The molecule has 18 heavy (non-hydrogen) atoms. The fourth-order valence-corrected chi connectivity index (χ4v) is 1.65. The van der Waals surface area contributed by atoms with Crippen molar-refractivity contribution in [3.63, 3.8) is 0 Å². The summed E-state index contributed by atoms with van der Waals surface area (Å²) in [7, 11) is 1.76. The first-order valence-electron chi connectivity index (χ1n) is 5.63. The quantitative estimate of drug-likeness (QED) is 0.611. The predicted octanol–water partition coefficient (Wildman–Crippen LogP) is 2.02. The van der Waals surface area contributed by atoms with Crippen molar-refractivity contribution in [3.05, 3.63) is 41.6 Å². The molecule has 2 aromatic heterocycles. The van der Waals surface area contributed by atoms with Crippen molar-refractivity contribution in [2.45, 2.75) is 13.8 Å². The Balaban J connectivity index is 2.21. The molecule has 0 aliphatic rings. The van der Waals surface area contributed by atoms with Crippen LogP contribution >= 0.6 is 0 Å².